The van der Waals surface area contributed by atoms with Crippen molar-refractivity contribution in [2.24, 2.45) is 5.92 Å². The number of phenols is 1. The number of para-hydroxylation sites is 1. The number of likely N-dealkylation sites (tertiary alicyclic amines) is 1. The van der Waals surface area contributed by atoms with E-state index in [2.05, 4.69) is 5.32 Å². The molecule has 0 aromatic heterocycles. The maximum atomic E-state index is 12.6. The first kappa shape index (κ1) is 22.6. The van der Waals surface area contributed by atoms with Gasteiger partial charge in [0.1, 0.15) is 11.5 Å². The number of aromatic hydroxyl groups is 1. The fraction of sp³-hybridized carbons (Fsp3) is 0.364. The van der Waals surface area contributed by atoms with Crippen molar-refractivity contribution in [2.45, 2.75) is 24.7 Å². The van der Waals surface area contributed by atoms with Gasteiger partial charge in [0.25, 0.3) is 5.91 Å². The number of carbonyl (C=O) groups is 2. The molecule has 1 aliphatic rings. The summed E-state index contributed by atoms with van der Waals surface area (Å²) in [5.41, 5.74) is 0.0642. The summed E-state index contributed by atoms with van der Waals surface area (Å²) < 4.78 is 29.6. The normalized spacial score (nSPS) is 14.8. The number of nitrogens with zero attached hydrogens (tertiary/aromatic N) is 1. The van der Waals surface area contributed by atoms with Crippen LogP contribution in [0.25, 0.3) is 0 Å². The number of ether oxygens (including phenoxy) is 1. The van der Waals surface area contributed by atoms with Gasteiger partial charge in [-0.1, -0.05) is 25.1 Å². The smallest absolute Gasteiger partial charge is 0.260 e. The average Bonchev–Trinajstić information content (AvgIpc) is 2.79. The summed E-state index contributed by atoms with van der Waals surface area (Å²) in [6, 6.07) is 12.9. The molecule has 1 saturated heterocycles. The molecule has 0 unspecified atom stereocenters. The number of benzene rings is 2. The number of rotatable bonds is 7. The van der Waals surface area contributed by atoms with Crippen molar-refractivity contribution in [3.8, 4) is 11.5 Å². The summed E-state index contributed by atoms with van der Waals surface area (Å²) in [6.45, 7) is 2.31. The lowest BCUT2D eigenvalue weighted by Gasteiger charge is -2.31. The fourth-order valence-electron chi connectivity index (χ4n) is 3.35. The standard InChI is InChI=1S/C22H26N2O6S/c1-2-31(28,29)18-8-9-20(25)19(14-18)23-22(27)16-10-12-24(13-11-16)21(26)15-30-17-6-4-3-5-7-17/h3-9,14,16,25H,2,10-13,15H2,1H3,(H,23,27). The lowest BCUT2D eigenvalue weighted by molar-refractivity contribution is -0.136. The molecule has 0 atom stereocenters. The minimum atomic E-state index is -3.46. The van der Waals surface area contributed by atoms with Gasteiger partial charge in [0.15, 0.2) is 16.4 Å². The predicted molar refractivity (Wildman–Crippen MR) is 116 cm³/mol. The molecule has 0 spiro atoms. The molecular formula is C22H26N2O6S. The Morgan fingerprint density at radius 1 is 1.13 bits per heavy atom. The van der Waals surface area contributed by atoms with E-state index in [1.165, 1.54) is 25.1 Å². The molecule has 2 aromatic rings. The minimum Gasteiger partial charge on any atom is -0.506 e. The molecule has 2 amide bonds. The van der Waals surface area contributed by atoms with Crippen LogP contribution < -0.4 is 10.1 Å². The number of phenolic OH excluding ortho intramolecular Hbond substituents is 1. The van der Waals surface area contributed by atoms with Gasteiger partial charge in [0.2, 0.25) is 5.91 Å². The van der Waals surface area contributed by atoms with Gasteiger partial charge in [0.05, 0.1) is 16.3 Å². The van der Waals surface area contributed by atoms with Crippen LogP contribution in [0.15, 0.2) is 53.4 Å². The van der Waals surface area contributed by atoms with Crippen LogP contribution in [0.2, 0.25) is 0 Å². The highest BCUT2D eigenvalue weighted by Gasteiger charge is 2.28. The highest BCUT2D eigenvalue weighted by atomic mass is 32.2. The molecule has 0 saturated carbocycles. The third-order valence-electron chi connectivity index (χ3n) is 5.29. The van der Waals surface area contributed by atoms with Crippen molar-refractivity contribution in [3.05, 3.63) is 48.5 Å². The number of nitrogens with one attached hydrogen (secondary N) is 1. The van der Waals surface area contributed by atoms with Gasteiger partial charge >= 0.3 is 0 Å². The quantitative estimate of drug-likeness (QED) is 0.632. The molecule has 166 valence electrons. The molecule has 8 nitrogen and oxygen atoms in total. The number of hydrogen-bond acceptors (Lipinski definition) is 6. The van der Waals surface area contributed by atoms with Crippen LogP contribution in [0.5, 0.6) is 11.5 Å². The lowest BCUT2D eigenvalue weighted by atomic mass is 9.95. The van der Waals surface area contributed by atoms with Crippen LogP contribution in [0.1, 0.15) is 19.8 Å². The van der Waals surface area contributed by atoms with E-state index >= 15 is 0 Å². The highest BCUT2D eigenvalue weighted by Crippen LogP contribution is 2.28. The molecular weight excluding hydrogens is 420 g/mol. The number of carbonyl (C=O) groups excluding carboxylic acids is 2. The van der Waals surface area contributed by atoms with Gasteiger partial charge in [-0.15, -0.1) is 0 Å². The van der Waals surface area contributed by atoms with E-state index in [-0.39, 0.29) is 46.4 Å². The third-order valence-corrected chi connectivity index (χ3v) is 7.02. The second-order valence-electron chi connectivity index (χ2n) is 7.33. The molecule has 2 N–H and O–H groups in total. The second-order valence-corrected chi connectivity index (χ2v) is 9.61. The minimum absolute atomic E-state index is 0.0435. The first-order valence-electron chi connectivity index (χ1n) is 10.1. The molecule has 1 aliphatic heterocycles. The van der Waals surface area contributed by atoms with E-state index in [4.69, 9.17) is 4.74 Å². The first-order chi connectivity index (χ1) is 14.8. The molecule has 0 aliphatic carbocycles. The van der Waals surface area contributed by atoms with Gasteiger partial charge in [-0.2, -0.15) is 0 Å². The van der Waals surface area contributed by atoms with Crippen LogP contribution >= 0.6 is 0 Å². The van der Waals surface area contributed by atoms with Gasteiger partial charge in [0, 0.05) is 19.0 Å². The Kier molecular flexibility index (Phi) is 7.17. The molecule has 0 radical (unpaired) electrons. The number of piperidine rings is 1. The zero-order valence-electron chi connectivity index (χ0n) is 17.3. The molecule has 31 heavy (non-hydrogen) atoms. The number of anilines is 1. The lowest BCUT2D eigenvalue weighted by Crippen LogP contribution is -2.43. The summed E-state index contributed by atoms with van der Waals surface area (Å²) >= 11 is 0. The van der Waals surface area contributed by atoms with E-state index in [0.717, 1.165) is 0 Å². The molecule has 1 fully saturated rings. The molecule has 9 heteroatoms. The summed E-state index contributed by atoms with van der Waals surface area (Å²) in [5, 5.41) is 12.6. The molecule has 3 rings (SSSR count). The maximum Gasteiger partial charge on any atom is 0.260 e. The zero-order chi connectivity index (χ0) is 22.4. The summed E-state index contributed by atoms with van der Waals surface area (Å²) in [7, 11) is -3.46. The summed E-state index contributed by atoms with van der Waals surface area (Å²) in [5.74, 6) is -0.450. The zero-order valence-corrected chi connectivity index (χ0v) is 18.1. The molecule has 0 bridgehead atoms. The summed E-state index contributed by atoms with van der Waals surface area (Å²) in [6.07, 6.45) is 0.938. The number of amides is 2. The SMILES string of the molecule is CCS(=O)(=O)c1ccc(O)c(NC(=O)C2CCN(C(=O)COc3ccccc3)CC2)c1. The third kappa shape index (κ3) is 5.75. The van der Waals surface area contributed by atoms with E-state index in [1.807, 2.05) is 18.2 Å². The maximum absolute atomic E-state index is 12.6. The fourth-order valence-corrected chi connectivity index (χ4v) is 4.26. The molecule has 2 aromatic carbocycles. The highest BCUT2D eigenvalue weighted by molar-refractivity contribution is 7.91. The largest absolute Gasteiger partial charge is 0.506 e. The Morgan fingerprint density at radius 3 is 2.45 bits per heavy atom. The van der Waals surface area contributed by atoms with Gasteiger partial charge < -0.3 is 20.1 Å². The van der Waals surface area contributed by atoms with Crippen LogP contribution in [0.4, 0.5) is 5.69 Å². The van der Waals surface area contributed by atoms with Gasteiger partial charge in [-0.25, -0.2) is 8.42 Å². The average molecular weight is 447 g/mol. The predicted octanol–water partition coefficient (Wildman–Crippen LogP) is 2.44. The van der Waals surface area contributed by atoms with E-state index < -0.39 is 9.84 Å². The van der Waals surface area contributed by atoms with Crippen molar-refractivity contribution in [3.63, 3.8) is 0 Å². The Balaban J connectivity index is 1.53. The first-order valence-corrected chi connectivity index (χ1v) is 11.8. The van der Waals surface area contributed by atoms with Crippen LogP contribution in [-0.2, 0) is 19.4 Å². The number of sulfone groups is 1. The van der Waals surface area contributed by atoms with Crippen molar-refractivity contribution >= 4 is 27.3 Å². The van der Waals surface area contributed by atoms with Crippen molar-refractivity contribution in [2.75, 3.05) is 30.8 Å². The van der Waals surface area contributed by atoms with E-state index in [0.29, 0.717) is 31.7 Å². The van der Waals surface area contributed by atoms with Gasteiger partial charge in [-0.05, 0) is 43.2 Å². The van der Waals surface area contributed by atoms with Crippen molar-refractivity contribution in [1.29, 1.82) is 0 Å². The van der Waals surface area contributed by atoms with E-state index in [9.17, 15) is 23.1 Å². The van der Waals surface area contributed by atoms with Crippen LogP contribution in [-0.4, -0.2) is 55.7 Å². The Bertz CT molecular complexity index is 1030. The topological polar surface area (TPSA) is 113 Å². The number of hydrogen-bond donors (Lipinski definition) is 2. The Morgan fingerprint density at radius 2 is 1.81 bits per heavy atom. The Labute approximate surface area is 181 Å². The van der Waals surface area contributed by atoms with Crippen molar-refractivity contribution in [1.82, 2.24) is 4.90 Å². The monoisotopic (exact) mass is 446 g/mol. The van der Waals surface area contributed by atoms with Crippen LogP contribution in [0, 0.1) is 5.92 Å². The molecule has 1 heterocycles. The summed E-state index contributed by atoms with van der Waals surface area (Å²) in [4.78, 5) is 26.7. The van der Waals surface area contributed by atoms with E-state index in [1.54, 1.807) is 17.0 Å². The Hall–Kier alpha value is -3.07. The second kappa shape index (κ2) is 9.82. The van der Waals surface area contributed by atoms with Crippen molar-refractivity contribution < 1.29 is 27.9 Å². The van der Waals surface area contributed by atoms with Gasteiger partial charge in [-0.3, -0.25) is 9.59 Å². The van der Waals surface area contributed by atoms with Crippen LogP contribution in [0.3, 0.4) is 0 Å².